The lowest BCUT2D eigenvalue weighted by atomic mass is 9.82. The van der Waals surface area contributed by atoms with Crippen molar-refractivity contribution in [2.45, 2.75) is 25.0 Å². The van der Waals surface area contributed by atoms with Crippen molar-refractivity contribution in [1.82, 2.24) is 5.32 Å². The average molecular weight is 267 g/mol. The first-order valence-corrected chi connectivity index (χ1v) is 6.86. The highest BCUT2D eigenvalue weighted by Gasteiger charge is 2.46. The van der Waals surface area contributed by atoms with Crippen LogP contribution in [0.1, 0.15) is 40.7 Å². The van der Waals surface area contributed by atoms with Crippen LogP contribution < -0.4 is 5.32 Å². The molecule has 1 aliphatic heterocycles. The van der Waals surface area contributed by atoms with Gasteiger partial charge in [0.1, 0.15) is 0 Å². The van der Waals surface area contributed by atoms with Gasteiger partial charge >= 0.3 is 0 Å². The molecular formula is C17H17NO2. The summed E-state index contributed by atoms with van der Waals surface area (Å²) in [6.07, 6.45) is 0.731. The fourth-order valence-corrected chi connectivity index (χ4v) is 3.05. The number of carbonyl (C=O) groups is 1. The monoisotopic (exact) mass is 267 g/mol. The molecule has 0 saturated carbocycles. The molecule has 3 nitrogen and oxygen atoms in total. The molecule has 2 aromatic rings. The quantitative estimate of drug-likeness (QED) is 0.898. The summed E-state index contributed by atoms with van der Waals surface area (Å²) < 4.78 is 0. The maximum atomic E-state index is 12.1. The summed E-state index contributed by atoms with van der Waals surface area (Å²) in [6.45, 7) is 2.02. The molecule has 20 heavy (non-hydrogen) atoms. The lowest BCUT2D eigenvalue weighted by Crippen LogP contribution is -2.44. The van der Waals surface area contributed by atoms with Crippen molar-refractivity contribution in [1.29, 1.82) is 0 Å². The molecule has 3 heteroatoms. The Kier molecular flexibility index (Phi) is 3.07. The van der Waals surface area contributed by atoms with Crippen molar-refractivity contribution in [3.8, 4) is 0 Å². The van der Waals surface area contributed by atoms with Gasteiger partial charge in [-0.25, -0.2) is 0 Å². The van der Waals surface area contributed by atoms with Gasteiger partial charge in [0, 0.05) is 17.0 Å². The van der Waals surface area contributed by atoms with Crippen LogP contribution in [-0.4, -0.2) is 11.0 Å². The van der Waals surface area contributed by atoms with E-state index in [2.05, 4.69) is 5.32 Å². The minimum absolute atomic E-state index is 0.170. The maximum absolute atomic E-state index is 12.1. The van der Waals surface area contributed by atoms with Crippen molar-refractivity contribution in [2.24, 2.45) is 0 Å². The summed E-state index contributed by atoms with van der Waals surface area (Å²) in [5.41, 5.74) is 0.920. The third kappa shape index (κ3) is 1.82. The first kappa shape index (κ1) is 12.9. The molecule has 0 aliphatic carbocycles. The molecule has 1 aliphatic rings. The molecule has 0 aromatic heterocycles. The van der Waals surface area contributed by atoms with Gasteiger partial charge in [-0.1, -0.05) is 55.5 Å². The fourth-order valence-electron chi connectivity index (χ4n) is 3.05. The Labute approximate surface area is 118 Å². The second-order valence-corrected chi connectivity index (χ2v) is 5.14. The molecule has 0 bridgehead atoms. The molecule has 3 rings (SSSR count). The van der Waals surface area contributed by atoms with Gasteiger partial charge in [-0.3, -0.25) is 4.79 Å². The van der Waals surface area contributed by atoms with E-state index in [0.717, 1.165) is 12.0 Å². The fraction of sp³-hybridized carbons (Fsp3) is 0.235. The van der Waals surface area contributed by atoms with Crippen LogP contribution in [0.15, 0.2) is 54.6 Å². The van der Waals surface area contributed by atoms with E-state index in [-0.39, 0.29) is 11.8 Å². The van der Waals surface area contributed by atoms with Crippen LogP contribution in [0.25, 0.3) is 0 Å². The number of nitrogens with one attached hydrogen (secondary N) is 1. The summed E-state index contributed by atoms with van der Waals surface area (Å²) in [6, 6.07) is 17.0. The predicted molar refractivity (Wildman–Crippen MR) is 77.3 cm³/mol. The second-order valence-electron chi connectivity index (χ2n) is 5.14. The van der Waals surface area contributed by atoms with E-state index in [0.29, 0.717) is 11.1 Å². The van der Waals surface area contributed by atoms with E-state index in [4.69, 9.17) is 0 Å². The molecule has 0 fully saturated rings. The molecule has 0 radical (unpaired) electrons. The number of rotatable bonds is 3. The van der Waals surface area contributed by atoms with E-state index >= 15 is 0 Å². The Morgan fingerprint density at radius 3 is 2.45 bits per heavy atom. The zero-order valence-corrected chi connectivity index (χ0v) is 11.3. The number of amides is 1. The van der Waals surface area contributed by atoms with Crippen LogP contribution in [-0.2, 0) is 5.72 Å². The van der Waals surface area contributed by atoms with Gasteiger partial charge in [-0.05, 0) is 18.1 Å². The van der Waals surface area contributed by atoms with Gasteiger partial charge in [0.05, 0.1) is 0 Å². The van der Waals surface area contributed by atoms with Crippen LogP contribution in [0.4, 0.5) is 0 Å². The van der Waals surface area contributed by atoms with Gasteiger partial charge in [-0.15, -0.1) is 0 Å². The highest BCUT2D eigenvalue weighted by Crippen LogP contribution is 2.41. The smallest absolute Gasteiger partial charge is 0.254 e. The lowest BCUT2D eigenvalue weighted by molar-refractivity contribution is -0.0139. The van der Waals surface area contributed by atoms with Gasteiger partial charge in [0.2, 0.25) is 0 Å². The zero-order chi connectivity index (χ0) is 14.2. The predicted octanol–water partition coefficient (Wildman–Crippen LogP) is 2.77. The van der Waals surface area contributed by atoms with Gasteiger partial charge in [-0.2, -0.15) is 0 Å². The molecule has 2 N–H and O–H groups in total. The first-order valence-electron chi connectivity index (χ1n) is 6.86. The van der Waals surface area contributed by atoms with Crippen LogP contribution in [0.2, 0.25) is 0 Å². The summed E-state index contributed by atoms with van der Waals surface area (Å²) >= 11 is 0. The maximum Gasteiger partial charge on any atom is 0.254 e. The number of benzene rings is 2. The summed E-state index contributed by atoms with van der Waals surface area (Å²) in [5.74, 6) is -0.381. The topological polar surface area (TPSA) is 49.3 Å². The Balaban J connectivity index is 2.11. The van der Waals surface area contributed by atoms with Crippen molar-refractivity contribution < 1.29 is 9.90 Å². The van der Waals surface area contributed by atoms with Crippen molar-refractivity contribution in [3.05, 3.63) is 71.3 Å². The van der Waals surface area contributed by atoms with Gasteiger partial charge in [0.15, 0.2) is 5.72 Å². The SMILES string of the molecule is CC[C@H](c1ccccc1)[C@]1(O)NC(=O)c2ccccc21. The van der Waals surface area contributed by atoms with E-state index in [1.807, 2.05) is 55.5 Å². The largest absolute Gasteiger partial charge is 0.366 e. The number of carbonyl (C=O) groups excluding carboxylic acids is 1. The minimum Gasteiger partial charge on any atom is -0.366 e. The highest BCUT2D eigenvalue weighted by molar-refractivity contribution is 5.99. The van der Waals surface area contributed by atoms with E-state index in [9.17, 15) is 9.90 Å². The minimum atomic E-state index is -1.33. The van der Waals surface area contributed by atoms with Crippen molar-refractivity contribution >= 4 is 5.91 Å². The molecule has 102 valence electrons. The van der Waals surface area contributed by atoms with E-state index < -0.39 is 5.72 Å². The Hall–Kier alpha value is -2.13. The summed E-state index contributed by atoms with van der Waals surface area (Å²) in [7, 11) is 0. The molecule has 0 spiro atoms. The third-order valence-electron chi connectivity index (χ3n) is 4.00. The van der Waals surface area contributed by atoms with Crippen LogP contribution in [0, 0.1) is 0 Å². The van der Waals surface area contributed by atoms with Crippen molar-refractivity contribution in [2.75, 3.05) is 0 Å². The standard InChI is InChI=1S/C17H17NO2/c1-2-14(12-8-4-3-5-9-12)17(20)15-11-7-6-10-13(15)16(19)18-17/h3-11,14,20H,2H2,1H3,(H,18,19)/t14-,17-/m1/s1. The van der Waals surface area contributed by atoms with Gasteiger partial charge < -0.3 is 10.4 Å². The van der Waals surface area contributed by atoms with Crippen LogP contribution in [0.5, 0.6) is 0 Å². The second kappa shape index (κ2) is 4.76. The van der Waals surface area contributed by atoms with Crippen LogP contribution in [0.3, 0.4) is 0 Å². The van der Waals surface area contributed by atoms with Gasteiger partial charge in [0.25, 0.3) is 5.91 Å². The lowest BCUT2D eigenvalue weighted by Gasteiger charge is -2.33. The Morgan fingerprint density at radius 2 is 1.75 bits per heavy atom. The number of fused-ring (bicyclic) bond motifs is 1. The van der Waals surface area contributed by atoms with Crippen LogP contribution >= 0.6 is 0 Å². The summed E-state index contributed by atoms with van der Waals surface area (Å²) in [5, 5.41) is 13.9. The zero-order valence-electron chi connectivity index (χ0n) is 11.3. The highest BCUT2D eigenvalue weighted by atomic mass is 16.3. The molecule has 2 atom stereocenters. The Bertz CT molecular complexity index is 638. The normalized spacial score (nSPS) is 22.2. The molecule has 1 amide bonds. The average Bonchev–Trinajstić information content (AvgIpc) is 2.74. The number of hydrogen-bond acceptors (Lipinski definition) is 2. The molecule has 2 aromatic carbocycles. The third-order valence-corrected chi connectivity index (χ3v) is 4.00. The number of aliphatic hydroxyl groups is 1. The molecule has 1 heterocycles. The summed E-state index contributed by atoms with van der Waals surface area (Å²) in [4.78, 5) is 12.1. The Morgan fingerprint density at radius 1 is 1.10 bits per heavy atom. The molecule has 0 unspecified atom stereocenters. The number of hydrogen-bond donors (Lipinski definition) is 2. The van der Waals surface area contributed by atoms with Crippen molar-refractivity contribution in [3.63, 3.8) is 0 Å². The molecule has 0 saturated heterocycles. The first-order chi connectivity index (χ1) is 9.66. The van der Waals surface area contributed by atoms with E-state index in [1.54, 1.807) is 6.07 Å². The molecular weight excluding hydrogens is 250 g/mol. The van der Waals surface area contributed by atoms with E-state index in [1.165, 1.54) is 0 Å².